The van der Waals surface area contributed by atoms with Crippen molar-refractivity contribution in [1.82, 2.24) is 14.6 Å². The normalized spacial score (nSPS) is 11.0. The van der Waals surface area contributed by atoms with Crippen LogP contribution in [0.5, 0.6) is 0 Å². The van der Waals surface area contributed by atoms with Crippen LogP contribution in [0.4, 0.5) is 0 Å². The van der Waals surface area contributed by atoms with Gasteiger partial charge >= 0.3 is 5.97 Å². The second kappa shape index (κ2) is 8.88. The number of halogens is 1. The smallest absolute Gasteiger partial charge is 0.341 e. The lowest BCUT2D eigenvalue weighted by atomic mass is 10.0. The molecule has 0 aliphatic rings. The zero-order chi connectivity index (χ0) is 22.8. The first-order valence-corrected chi connectivity index (χ1v) is 11.0. The molecule has 6 heteroatoms. The lowest BCUT2D eigenvalue weighted by molar-refractivity contribution is 0.0526. The minimum atomic E-state index is -0.435. The van der Waals surface area contributed by atoms with E-state index < -0.39 is 5.97 Å². The number of esters is 1. The molecule has 0 amide bonds. The Morgan fingerprint density at radius 3 is 2.15 bits per heavy atom. The first-order chi connectivity index (χ1) is 16.2. The lowest BCUT2D eigenvalue weighted by Crippen LogP contribution is -2.11. The summed E-state index contributed by atoms with van der Waals surface area (Å²) in [4.78, 5) is 17.5. The number of hydrogen-bond donors (Lipinski definition) is 0. The molecular formula is C27H20ClN3O2. The minimum Gasteiger partial charge on any atom is -0.462 e. The fourth-order valence-electron chi connectivity index (χ4n) is 3.90. The summed E-state index contributed by atoms with van der Waals surface area (Å²) in [5.74, 6) is -0.435. The van der Waals surface area contributed by atoms with Gasteiger partial charge in [0.2, 0.25) is 0 Å². The molecule has 0 atom stereocenters. The molecule has 0 aliphatic heterocycles. The molecule has 5 nitrogen and oxygen atoms in total. The number of hydrogen-bond acceptors (Lipinski definition) is 4. The van der Waals surface area contributed by atoms with E-state index in [0.29, 0.717) is 21.9 Å². The van der Waals surface area contributed by atoms with Crippen LogP contribution in [0.25, 0.3) is 39.3 Å². The average Bonchev–Trinajstić information content (AvgIpc) is 3.25. The Hall–Kier alpha value is -3.96. The third kappa shape index (κ3) is 3.88. The fourth-order valence-corrected chi connectivity index (χ4v) is 4.02. The van der Waals surface area contributed by atoms with Crippen molar-refractivity contribution in [2.45, 2.75) is 6.92 Å². The first kappa shape index (κ1) is 20.9. The molecule has 3 aromatic carbocycles. The zero-order valence-corrected chi connectivity index (χ0v) is 18.7. The summed E-state index contributed by atoms with van der Waals surface area (Å²) >= 11 is 6.15. The highest BCUT2D eigenvalue weighted by atomic mass is 35.5. The molecule has 0 unspecified atom stereocenters. The van der Waals surface area contributed by atoms with E-state index in [-0.39, 0.29) is 6.61 Å². The van der Waals surface area contributed by atoms with Gasteiger partial charge in [0, 0.05) is 22.3 Å². The Labute approximate surface area is 196 Å². The number of ether oxygens (including phenoxy) is 1. The highest BCUT2D eigenvalue weighted by Crippen LogP contribution is 2.37. The lowest BCUT2D eigenvalue weighted by Gasteiger charge is -2.11. The second-order valence-electron chi connectivity index (χ2n) is 7.44. The van der Waals surface area contributed by atoms with Crippen LogP contribution in [0.3, 0.4) is 0 Å². The summed E-state index contributed by atoms with van der Waals surface area (Å²) in [6, 6.07) is 27.2. The average molecular weight is 454 g/mol. The van der Waals surface area contributed by atoms with E-state index in [2.05, 4.69) is 4.98 Å². The number of aromatic nitrogens is 3. The van der Waals surface area contributed by atoms with E-state index in [1.165, 1.54) is 0 Å². The maximum Gasteiger partial charge on any atom is 0.341 e. The zero-order valence-electron chi connectivity index (χ0n) is 17.9. The van der Waals surface area contributed by atoms with E-state index in [1.807, 2.05) is 84.9 Å². The van der Waals surface area contributed by atoms with Crippen molar-refractivity contribution >= 4 is 23.2 Å². The second-order valence-corrected chi connectivity index (χ2v) is 7.88. The molecule has 2 heterocycles. The van der Waals surface area contributed by atoms with Crippen LogP contribution < -0.4 is 0 Å². The molecule has 0 N–H and O–H groups in total. The standard InChI is InChI=1S/C27H20ClN3O2/c1-2-33-27(32)22-17-29-26-23(18-13-15-21(28)16-14-18)24(19-9-5-3-6-10-19)30-31(26)25(22)20-11-7-4-8-12-20/h3-17H,2H2,1H3. The van der Waals surface area contributed by atoms with Crippen molar-refractivity contribution in [1.29, 1.82) is 0 Å². The summed E-state index contributed by atoms with van der Waals surface area (Å²) in [6.07, 6.45) is 1.57. The molecule has 0 saturated heterocycles. The van der Waals surface area contributed by atoms with Crippen LogP contribution in [0.15, 0.2) is 91.1 Å². The summed E-state index contributed by atoms with van der Waals surface area (Å²) in [7, 11) is 0. The Kier molecular flexibility index (Phi) is 5.63. The van der Waals surface area contributed by atoms with Gasteiger partial charge in [-0.2, -0.15) is 5.10 Å². The number of carbonyl (C=O) groups excluding carboxylic acids is 1. The molecule has 33 heavy (non-hydrogen) atoms. The minimum absolute atomic E-state index is 0.273. The molecule has 0 spiro atoms. The predicted octanol–water partition coefficient (Wildman–Crippen LogP) is 6.56. The molecule has 0 radical (unpaired) electrons. The van der Waals surface area contributed by atoms with E-state index in [4.69, 9.17) is 21.4 Å². The van der Waals surface area contributed by atoms with Gasteiger partial charge in [-0.15, -0.1) is 0 Å². The number of carbonyl (C=O) groups is 1. The van der Waals surface area contributed by atoms with Crippen molar-refractivity contribution in [2.24, 2.45) is 0 Å². The van der Waals surface area contributed by atoms with Crippen LogP contribution >= 0.6 is 11.6 Å². The summed E-state index contributed by atoms with van der Waals surface area (Å²) in [5, 5.41) is 5.63. The largest absolute Gasteiger partial charge is 0.462 e. The van der Waals surface area contributed by atoms with E-state index in [9.17, 15) is 4.79 Å². The SMILES string of the molecule is CCOC(=O)c1cnc2c(-c3ccc(Cl)cc3)c(-c3ccccc3)nn2c1-c1ccccc1. The molecule has 162 valence electrons. The molecular weight excluding hydrogens is 434 g/mol. The Balaban J connectivity index is 1.88. The third-order valence-electron chi connectivity index (χ3n) is 5.37. The van der Waals surface area contributed by atoms with Gasteiger partial charge in [-0.25, -0.2) is 14.3 Å². The molecule has 2 aromatic heterocycles. The van der Waals surface area contributed by atoms with Crippen molar-refractivity contribution in [3.63, 3.8) is 0 Å². The number of nitrogens with zero attached hydrogens (tertiary/aromatic N) is 3. The first-order valence-electron chi connectivity index (χ1n) is 10.6. The van der Waals surface area contributed by atoms with Crippen molar-refractivity contribution in [2.75, 3.05) is 6.61 Å². The number of fused-ring (bicyclic) bond motifs is 1. The van der Waals surface area contributed by atoms with Gasteiger partial charge in [0.05, 0.1) is 17.9 Å². The number of benzene rings is 3. The van der Waals surface area contributed by atoms with Gasteiger partial charge in [-0.1, -0.05) is 84.4 Å². The van der Waals surface area contributed by atoms with E-state index in [0.717, 1.165) is 27.9 Å². The molecule has 0 bridgehead atoms. The van der Waals surface area contributed by atoms with E-state index in [1.54, 1.807) is 17.6 Å². The van der Waals surface area contributed by atoms with Crippen molar-refractivity contribution < 1.29 is 9.53 Å². The number of rotatable bonds is 5. The van der Waals surface area contributed by atoms with Crippen molar-refractivity contribution in [3.05, 3.63) is 102 Å². The van der Waals surface area contributed by atoms with Crippen LogP contribution in [0.2, 0.25) is 5.02 Å². The van der Waals surface area contributed by atoms with Crippen LogP contribution in [0.1, 0.15) is 17.3 Å². The summed E-state index contributed by atoms with van der Waals surface area (Å²) < 4.78 is 7.07. The van der Waals surface area contributed by atoms with Gasteiger partial charge < -0.3 is 4.74 Å². The third-order valence-corrected chi connectivity index (χ3v) is 5.62. The van der Waals surface area contributed by atoms with Gasteiger partial charge in [-0.05, 0) is 24.6 Å². The van der Waals surface area contributed by atoms with Crippen molar-refractivity contribution in [3.8, 4) is 33.6 Å². The quantitative estimate of drug-likeness (QED) is 0.283. The van der Waals surface area contributed by atoms with Gasteiger partial charge in [0.15, 0.2) is 5.65 Å². The molecule has 0 fully saturated rings. The Morgan fingerprint density at radius 2 is 1.52 bits per heavy atom. The van der Waals surface area contributed by atoms with Crippen LogP contribution in [-0.2, 0) is 4.74 Å². The van der Waals surface area contributed by atoms with Crippen LogP contribution in [0, 0.1) is 0 Å². The Bertz CT molecular complexity index is 1430. The highest BCUT2D eigenvalue weighted by molar-refractivity contribution is 6.30. The molecule has 5 aromatic rings. The molecule has 0 aliphatic carbocycles. The van der Waals surface area contributed by atoms with Crippen LogP contribution in [-0.4, -0.2) is 27.2 Å². The van der Waals surface area contributed by atoms with Gasteiger partial charge in [0.25, 0.3) is 0 Å². The molecule has 0 saturated carbocycles. The summed E-state index contributed by atoms with van der Waals surface area (Å²) in [5.41, 5.74) is 6.00. The fraction of sp³-hybridized carbons (Fsp3) is 0.0741. The van der Waals surface area contributed by atoms with Gasteiger partial charge in [-0.3, -0.25) is 0 Å². The van der Waals surface area contributed by atoms with E-state index >= 15 is 0 Å². The monoisotopic (exact) mass is 453 g/mol. The maximum absolute atomic E-state index is 12.8. The Morgan fingerprint density at radius 1 is 0.879 bits per heavy atom. The summed E-state index contributed by atoms with van der Waals surface area (Å²) in [6.45, 7) is 2.06. The molecule has 5 rings (SSSR count). The highest BCUT2D eigenvalue weighted by Gasteiger charge is 2.24. The maximum atomic E-state index is 12.8. The predicted molar refractivity (Wildman–Crippen MR) is 130 cm³/mol. The van der Waals surface area contributed by atoms with Gasteiger partial charge in [0.1, 0.15) is 11.3 Å². The topological polar surface area (TPSA) is 56.5 Å².